The molecular formula is C12H13F2N3O. The minimum Gasteiger partial charge on any atom is -0.339 e. The highest BCUT2D eigenvalue weighted by Gasteiger charge is 2.12. The van der Waals surface area contributed by atoms with Crippen molar-refractivity contribution in [3.63, 3.8) is 0 Å². The van der Waals surface area contributed by atoms with E-state index in [0.717, 1.165) is 6.07 Å². The van der Waals surface area contributed by atoms with Gasteiger partial charge in [0.2, 0.25) is 11.7 Å². The van der Waals surface area contributed by atoms with Crippen LogP contribution >= 0.6 is 0 Å². The largest absolute Gasteiger partial charge is 0.339 e. The minimum atomic E-state index is -0.667. The van der Waals surface area contributed by atoms with E-state index in [0.29, 0.717) is 12.3 Å². The maximum atomic E-state index is 13.0. The molecule has 0 saturated carbocycles. The second-order valence-electron chi connectivity index (χ2n) is 4.06. The maximum absolute atomic E-state index is 13.0. The zero-order valence-electron chi connectivity index (χ0n) is 10.1. The Morgan fingerprint density at radius 3 is 2.56 bits per heavy atom. The average Bonchev–Trinajstić information content (AvgIpc) is 2.76. The summed E-state index contributed by atoms with van der Waals surface area (Å²) in [6.07, 6.45) is 0.557. The Morgan fingerprint density at radius 2 is 1.94 bits per heavy atom. The minimum absolute atomic E-state index is 0.183. The molecule has 6 heteroatoms. The molecule has 1 N–H and O–H groups in total. The van der Waals surface area contributed by atoms with Crippen LogP contribution in [-0.2, 0) is 6.42 Å². The Bertz CT molecular complexity index is 522. The van der Waals surface area contributed by atoms with Crippen LogP contribution in [0.15, 0.2) is 22.7 Å². The smallest absolute Gasteiger partial charge is 0.228 e. The van der Waals surface area contributed by atoms with Gasteiger partial charge in [-0.05, 0) is 26.1 Å². The zero-order valence-corrected chi connectivity index (χ0v) is 10.1. The topological polar surface area (TPSA) is 51.0 Å². The van der Waals surface area contributed by atoms with Gasteiger partial charge in [-0.1, -0.05) is 5.16 Å². The van der Waals surface area contributed by atoms with Gasteiger partial charge in [0, 0.05) is 24.1 Å². The van der Waals surface area contributed by atoms with E-state index in [9.17, 15) is 8.78 Å². The van der Waals surface area contributed by atoms with Gasteiger partial charge in [0.15, 0.2) is 0 Å². The van der Waals surface area contributed by atoms with Gasteiger partial charge >= 0.3 is 0 Å². The van der Waals surface area contributed by atoms with Crippen LogP contribution < -0.4 is 5.32 Å². The molecule has 1 atom stereocenters. The van der Waals surface area contributed by atoms with Gasteiger partial charge in [-0.2, -0.15) is 4.98 Å². The van der Waals surface area contributed by atoms with E-state index in [4.69, 9.17) is 4.52 Å². The van der Waals surface area contributed by atoms with Crippen molar-refractivity contribution in [3.05, 3.63) is 35.7 Å². The van der Waals surface area contributed by atoms with Crippen molar-refractivity contribution in [2.24, 2.45) is 0 Å². The number of hydrogen-bond donors (Lipinski definition) is 1. The van der Waals surface area contributed by atoms with Gasteiger partial charge in [0.1, 0.15) is 11.6 Å². The molecule has 1 heterocycles. The summed E-state index contributed by atoms with van der Waals surface area (Å²) in [5.74, 6) is -0.719. The Kier molecular flexibility index (Phi) is 3.66. The summed E-state index contributed by atoms with van der Waals surface area (Å²) in [6.45, 7) is 1.96. The summed E-state index contributed by atoms with van der Waals surface area (Å²) in [5, 5.41) is 6.74. The van der Waals surface area contributed by atoms with Crippen LogP contribution in [0.2, 0.25) is 0 Å². The van der Waals surface area contributed by atoms with Crippen molar-refractivity contribution in [1.29, 1.82) is 0 Å². The number of rotatable bonds is 4. The van der Waals surface area contributed by atoms with Gasteiger partial charge in [0.05, 0.1) is 0 Å². The molecule has 0 saturated heterocycles. The number of nitrogens with one attached hydrogen (secondary N) is 1. The molecule has 18 heavy (non-hydrogen) atoms. The summed E-state index contributed by atoms with van der Waals surface area (Å²) in [7, 11) is 1.82. The van der Waals surface area contributed by atoms with Gasteiger partial charge in [0.25, 0.3) is 0 Å². The highest BCUT2D eigenvalue weighted by Crippen LogP contribution is 2.19. The zero-order chi connectivity index (χ0) is 13.1. The normalized spacial score (nSPS) is 12.7. The van der Waals surface area contributed by atoms with Crippen LogP contribution in [0.4, 0.5) is 8.78 Å². The molecule has 0 aliphatic heterocycles. The standard InChI is InChI=1S/C12H13F2N3O/c1-7(15-2)3-11-16-12(17-18-11)8-4-9(13)6-10(14)5-8/h4-7,15H,3H2,1-2H3. The molecule has 1 unspecified atom stereocenters. The first-order chi connectivity index (χ1) is 8.58. The number of aromatic nitrogens is 2. The third-order valence-electron chi connectivity index (χ3n) is 2.56. The Morgan fingerprint density at radius 1 is 1.28 bits per heavy atom. The van der Waals surface area contributed by atoms with Gasteiger partial charge in [-0.3, -0.25) is 0 Å². The molecule has 0 aliphatic rings. The first kappa shape index (κ1) is 12.6. The number of nitrogens with zero attached hydrogens (tertiary/aromatic N) is 2. The summed E-state index contributed by atoms with van der Waals surface area (Å²) in [5.41, 5.74) is 0.264. The third-order valence-corrected chi connectivity index (χ3v) is 2.56. The highest BCUT2D eigenvalue weighted by atomic mass is 19.1. The van der Waals surface area contributed by atoms with Crippen LogP contribution in [0.1, 0.15) is 12.8 Å². The van der Waals surface area contributed by atoms with Gasteiger partial charge in [-0.25, -0.2) is 8.78 Å². The van der Waals surface area contributed by atoms with E-state index >= 15 is 0 Å². The third kappa shape index (κ3) is 2.89. The van der Waals surface area contributed by atoms with Crippen molar-refractivity contribution in [3.8, 4) is 11.4 Å². The predicted octanol–water partition coefficient (Wildman–Crippen LogP) is 2.17. The van der Waals surface area contributed by atoms with Crippen LogP contribution in [-0.4, -0.2) is 23.2 Å². The van der Waals surface area contributed by atoms with E-state index < -0.39 is 11.6 Å². The lowest BCUT2D eigenvalue weighted by molar-refractivity contribution is 0.365. The monoisotopic (exact) mass is 253 g/mol. The van der Waals surface area contributed by atoms with Crippen LogP contribution in [0.3, 0.4) is 0 Å². The van der Waals surface area contributed by atoms with Crippen LogP contribution in [0.25, 0.3) is 11.4 Å². The van der Waals surface area contributed by atoms with Crippen LogP contribution in [0.5, 0.6) is 0 Å². The second kappa shape index (κ2) is 5.22. The Balaban J connectivity index is 2.23. The van der Waals surface area contributed by atoms with E-state index in [2.05, 4.69) is 15.5 Å². The highest BCUT2D eigenvalue weighted by molar-refractivity contribution is 5.54. The molecule has 0 bridgehead atoms. The fraction of sp³-hybridized carbons (Fsp3) is 0.333. The number of likely N-dealkylation sites (N-methyl/N-ethyl adjacent to an activating group) is 1. The molecule has 4 nitrogen and oxygen atoms in total. The summed E-state index contributed by atoms with van der Waals surface area (Å²) >= 11 is 0. The molecule has 0 amide bonds. The predicted molar refractivity (Wildman–Crippen MR) is 61.9 cm³/mol. The lowest BCUT2D eigenvalue weighted by Crippen LogP contribution is -2.23. The van der Waals surface area contributed by atoms with Crippen molar-refractivity contribution in [2.45, 2.75) is 19.4 Å². The van der Waals surface area contributed by atoms with Crippen molar-refractivity contribution in [1.82, 2.24) is 15.5 Å². The fourth-order valence-electron chi connectivity index (χ4n) is 1.50. The number of benzene rings is 1. The first-order valence-corrected chi connectivity index (χ1v) is 5.55. The maximum Gasteiger partial charge on any atom is 0.228 e. The molecule has 0 aliphatic carbocycles. The van der Waals surface area contributed by atoms with E-state index in [1.165, 1.54) is 12.1 Å². The summed E-state index contributed by atoms with van der Waals surface area (Å²) in [6, 6.07) is 3.31. The molecule has 1 aromatic heterocycles. The Hall–Kier alpha value is -1.82. The molecule has 2 rings (SSSR count). The summed E-state index contributed by atoms with van der Waals surface area (Å²) < 4.78 is 31.1. The average molecular weight is 253 g/mol. The number of hydrogen-bond acceptors (Lipinski definition) is 4. The van der Waals surface area contributed by atoms with Gasteiger partial charge in [-0.15, -0.1) is 0 Å². The molecule has 1 aromatic carbocycles. The number of halogens is 2. The van der Waals surface area contributed by atoms with Gasteiger partial charge < -0.3 is 9.84 Å². The molecular weight excluding hydrogens is 240 g/mol. The van der Waals surface area contributed by atoms with Crippen molar-refractivity contribution < 1.29 is 13.3 Å². The molecule has 2 aromatic rings. The van der Waals surface area contributed by atoms with E-state index in [1.807, 2.05) is 14.0 Å². The van der Waals surface area contributed by atoms with Crippen molar-refractivity contribution in [2.75, 3.05) is 7.05 Å². The molecule has 0 spiro atoms. The SMILES string of the molecule is CNC(C)Cc1nc(-c2cc(F)cc(F)c2)no1. The van der Waals surface area contributed by atoms with E-state index in [-0.39, 0.29) is 17.4 Å². The quantitative estimate of drug-likeness (QED) is 0.907. The van der Waals surface area contributed by atoms with E-state index in [1.54, 1.807) is 0 Å². The first-order valence-electron chi connectivity index (χ1n) is 5.55. The lowest BCUT2D eigenvalue weighted by Gasteiger charge is -2.04. The van der Waals surface area contributed by atoms with Crippen LogP contribution in [0, 0.1) is 11.6 Å². The Labute approximate surface area is 103 Å². The lowest BCUT2D eigenvalue weighted by atomic mass is 10.2. The second-order valence-corrected chi connectivity index (χ2v) is 4.06. The van der Waals surface area contributed by atoms with Crippen molar-refractivity contribution >= 4 is 0 Å². The fourth-order valence-corrected chi connectivity index (χ4v) is 1.50. The molecule has 0 fully saturated rings. The molecule has 0 radical (unpaired) electrons. The summed E-state index contributed by atoms with van der Waals surface area (Å²) in [4.78, 5) is 4.10. The molecule has 96 valence electrons.